The van der Waals surface area contributed by atoms with Crippen molar-refractivity contribution in [3.05, 3.63) is 284 Å². The molecule has 21 nitrogen and oxygen atoms in total. The maximum absolute atomic E-state index is 12.1. The van der Waals surface area contributed by atoms with Gasteiger partial charge in [0.25, 0.3) is 5.91 Å². The molecule has 0 saturated heterocycles. The largest absolute Gasteiger partial charge is 0.466 e. The number of nitrogens with one attached hydrogen (secondary N) is 4. The summed E-state index contributed by atoms with van der Waals surface area (Å²) in [5.74, 6) is -2.30. The maximum atomic E-state index is 12.1. The van der Waals surface area contributed by atoms with E-state index in [1.165, 1.54) is 31.9 Å². The molecule has 9 N–H and O–H groups in total. The highest BCUT2D eigenvalue weighted by molar-refractivity contribution is 9.10. The second-order valence-corrected chi connectivity index (χ2v) is 21.7. The molecular weight excluding hydrogens is 1350 g/mol. The number of halogens is 2. The quantitative estimate of drug-likeness (QED) is 0.0114. The molecular formula is C73H67Br2N9O12. The number of fused-ring (bicyclic) bond motifs is 3. The Hall–Kier alpha value is -11.4. The third kappa shape index (κ3) is 23.0. The SMILES string of the molecule is C=CC(=O)OC.CCOC(=O)CN.COC(=O)/C=C/c1ccc2c(c1)NC(=O)CN=C2c1ccccc1.Nc1cc(Br)ccc1C(=O)c1ccccc1.O=C(/C=C/c1ccc2c(c1)NC(=O)CN=C2c1ccccc1)NO.O=C1CN=C(c2ccccc2)c2ccc(Br)cc2N1. The van der Waals surface area contributed by atoms with Crippen molar-refractivity contribution >= 4 is 131 Å². The van der Waals surface area contributed by atoms with Gasteiger partial charge in [-0.2, -0.15) is 0 Å². The lowest BCUT2D eigenvalue weighted by Gasteiger charge is -2.11. The van der Waals surface area contributed by atoms with Gasteiger partial charge in [0.2, 0.25) is 17.7 Å². The van der Waals surface area contributed by atoms with E-state index in [4.69, 9.17) is 16.7 Å². The molecule has 3 heterocycles. The highest BCUT2D eigenvalue weighted by Crippen LogP contribution is 2.29. The predicted molar refractivity (Wildman–Crippen MR) is 380 cm³/mol. The van der Waals surface area contributed by atoms with Crippen molar-refractivity contribution in [3.8, 4) is 0 Å². The molecule has 11 rings (SSSR count). The lowest BCUT2D eigenvalue weighted by molar-refractivity contribution is -0.141. The number of nitrogen functional groups attached to an aromatic ring is 1. The van der Waals surface area contributed by atoms with Gasteiger partial charge in [-0.05, 0) is 78.7 Å². The molecule has 96 heavy (non-hydrogen) atoms. The molecule has 3 aliphatic heterocycles. The summed E-state index contributed by atoms with van der Waals surface area (Å²) in [5.41, 5.74) is 25.4. The van der Waals surface area contributed by atoms with Crippen molar-refractivity contribution < 1.29 is 57.8 Å². The van der Waals surface area contributed by atoms with Gasteiger partial charge >= 0.3 is 17.9 Å². The van der Waals surface area contributed by atoms with Crippen molar-refractivity contribution in [2.24, 2.45) is 20.7 Å². The van der Waals surface area contributed by atoms with Gasteiger partial charge in [0, 0.05) is 77.4 Å². The molecule has 0 unspecified atom stereocenters. The fourth-order valence-electron chi connectivity index (χ4n) is 8.81. The molecule has 3 aliphatic rings. The lowest BCUT2D eigenvalue weighted by atomic mass is 9.99. The first-order valence-electron chi connectivity index (χ1n) is 29.3. The molecule has 0 atom stereocenters. The third-order valence-electron chi connectivity index (χ3n) is 13.2. The molecule has 0 fully saturated rings. The zero-order valence-corrected chi connectivity index (χ0v) is 55.5. The van der Waals surface area contributed by atoms with Gasteiger partial charge < -0.3 is 41.6 Å². The zero-order valence-electron chi connectivity index (χ0n) is 52.3. The molecule has 0 bridgehead atoms. The average molecular weight is 1420 g/mol. The Bertz CT molecular complexity index is 4100. The van der Waals surface area contributed by atoms with Crippen molar-refractivity contribution in [1.82, 2.24) is 5.48 Å². The number of hydroxylamine groups is 1. The molecule has 0 aliphatic carbocycles. The number of anilines is 4. The molecule has 0 radical (unpaired) electrons. The van der Waals surface area contributed by atoms with Gasteiger partial charge in [0.05, 0.1) is 61.6 Å². The number of hydrogen-bond acceptors (Lipinski definition) is 17. The number of carbonyl (C=O) groups excluding carboxylic acids is 8. The summed E-state index contributed by atoms with van der Waals surface area (Å²) in [5, 5.41) is 17.1. The summed E-state index contributed by atoms with van der Waals surface area (Å²) in [7, 11) is 2.64. The number of benzene rings is 8. The summed E-state index contributed by atoms with van der Waals surface area (Å²) in [6.45, 7) is 5.57. The fraction of sp³-hybridized carbons (Fsp3) is 0.110. The highest BCUT2D eigenvalue weighted by atomic mass is 79.9. The smallest absolute Gasteiger partial charge is 0.330 e. The van der Waals surface area contributed by atoms with Crippen LogP contribution in [0.5, 0.6) is 0 Å². The van der Waals surface area contributed by atoms with Crippen LogP contribution < -0.4 is 32.9 Å². The third-order valence-corrected chi connectivity index (χ3v) is 14.2. The van der Waals surface area contributed by atoms with Gasteiger partial charge in [0.1, 0.15) is 19.6 Å². The number of esters is 3. The summed E-state index contributed by atoms with van der Waals surface area (Å²) in [4.78, 5) is 103. The fourth-order valence-corrected chi connectivity index (χ4v) is 9.55. The van der Waals surface area contributed by atoms with E-state index >= 15 is 0 Å². The number of ether oxygens (including phenoxy) is 3. The summed E-state index contributed by atoms with van der Waals surface area (Å²) in [6.07, 6.45) is 6.84. The van der Waals surface area contributed by atoms with Crippen LogP contribution in [0.3, 0.4) is 0 Å². The summed E-state index contributed by atoms with van der Waals surface area (Å²) in [6, 6.07) is 60.5. The van der Waals surface area contributed by atoms with Crippen LogP contribution in [0.2, 0.25) is 0 Å². The second kappa shape index (κ2) is 38.6. The molecule has 8 aromatic rings. The first-order chi connectivity index (χ1) is 46.4. The Kier molecular flexibility index (Phi) is 29.6. The normalized spacial score (nSPS) is 12.4. The summed E-state index contributed by atoms with van der Waals surface area (Å²) < 4.78 is 15.0. The van der Waals surface area contributed by atoms with Gasteiger partial charge in [-0.1, -0.05) is 184 Å². The van der Waals surface area contributed by atoms with E-state index in [-0.39, 0.29) is 55.7 Å². The van der Waals surface area contributed by atoms with Crippen LogP contribution in [0.1, 0.15) is 67.4 Å². The highest BCUT2D eigenvalue weighted by Gasteiger charge is 2.21. The maximum Gasteiger partial charge on any atom is 0.330 e. The minimum atomic E-state index is -0.625. The lowest BCUT2D eigenvalue weighted by Crippen LogP contribution is -2.16. The van der Waals surface area contributed by atoms with Crippen molar-refractivity contribution in [2.75, 3.05) is 68.7 Å². The standard InChI is InChI=1S/C19H16N2O3.C18H15N3O3.C15H11BrN2O.C13H10BrNO.C4H9NO2.C4H6O2/c1-24-18(23)10-8-13-7-9-15-16(11-13)21-17(22)12-20-19(15)14-5-3-2-4-6-14;22-16(21-24)9-7-12-6-8-14-15(10-12)20-17(23)11-19-18(14)13-4-2-1-3-5-13;16-11-6-7-12-13(8-11)18-14(19)9-17-15(12)10-4-2-1-3-5-10;14-10-6-7-11(12(15)8-10)13(16)9-4-2-1-3-5-9;1-2-7-4(6)3-5;1-3-4(5)6-2/h2-11H,12H2,1H3,(H,21,22);1-10,24H,11H2,(H,20,23)(H,21,22);1-8H,9H2,(H,18,19);1-8H,15H2;2-3,5H2,1H3;3H,1H2,2H3/b10-8+;9-7+;;;;. The molecule has 0 aromatic heterocycles. The van der Waals surface area contributed by atoms with Crippen LogP contribution in [0.25, 0.3) is 12.2 Å². The number of amides is 4. The Morgan fingerprint density at radius 3 is 1.32 bits per heavy atom. The molecule has 4 amide bonds. The number of aliphatic imine (C=N–C) groups is 3. The van der Waals surface area contributed by atoms with Gasteiger partial charge in [-0.25, -0.2) is 15.1 Å². The monoisotopic (exact) mass is 1420 g/mol. The van der Waals surface area contributed by atoms with Gasteiger partial charge in [-0.3, -0.25) is 49.0 Å². The number of carbonyl (C=O) groups is 8. The minimum absolute atomic E-state index is 0.0200. The van der Waals surface area contributed by atoms with Crippen LogP contribution in [0.15, 0.2) is 243 Å². The molecule has 0 spiro atoms. The Morgan fingerprint density at radius 2 is 0.948 bits per heavy atom. The Morgan fingerprint density at radius 1 is 0.552 bits per heavy atom. The number of hydrogen-bond donors (Lipinski definition) is 7. The van der Waals surface area contributed by atoms with E-state index in [9.17, 15) is 38.4 Å². The first kappa shape index (κ1) is 73.7. The number of nitrogens with two attached hydrogens (primary N) is 2. The molecule has 23 heteroatoms. The van der Waals surface area contributed by atoms with E-state index in [1.807, 2.05) is 164 Å². The van der Waals surface area contributed by atoms with Crippen LogP contribution >= 0.6 is 31.9 Å². The number of ketones is 1. The first-order valence-corrected chi connectivity index (χ1v) is 30.8. The molecule has 490 valence electrons. The number of methoxy groups -OCH3 is 2. The minimum Gasteiger partial charge on any atom is -0.466 e. The van der Waals surface area contributed by atoms with Gasteiger partial charge in [-0.15, -0.1) is 0 Å². The van der Waals surface area contributed by atoms with Crippen molar-refractivity contribution in [3.63, 3.8) is 0 Å². The topological polar surface area (TPSA) is 322 Å². The van der Waals surface area contributed by atoms with E-state index < -0.39 is 17.8 Å². The average Bonchev–Trinajstić information content (AvgIpc) is 1.54. The summed E-state index contributed by atoms with van der Waals surface area (Å²) >= 11 is 6.73. The van der Waals surface area contributed by atoms with Crippen molar-refractivity contribution in [2.45, 2.75) is 6.92 Å². The van der Waals surface area contributed by atoms with Crippen molar-refractivity contribution in [1.29, 1.82) is 0 Å². The van der Waals surface area contributed by atoms with Crippen LogP contribution in [0, 0.1) is 0 Å². The Balaban J connectivity index is 0.000000192. The predicted octanol–water partition coefficient (Wildman–Crippen LogP) is 11.0. The molecule has 0 saturated carbocycles. The van der Waals surface area contributed by atoms with Crippen LogP contribution in [-0.2, 0) is 47.8 Å². The van der Waals surface area contributed by atoms with E-state index in [1.54, 1.807) is 49.4 Å². The van der Waals surface area contributed by atoms with E-state index in [2.05, 4.69) is 83.6 Å². The second-order valence-electron chi connectivity index (χ2n) is 19.9. The number of rotatable bonds is 12. The number of nitrogens with zero attached hydrogens (tertiary/aromatic N) is 3. The Labute approximate surface area is 571 Å². The van der Waals surface area contributed by atoms with Crippen LogP contribution in [0.4, 0.5) is 22.7 Å². The van der Waals surface area contributed by atoms with E-state index in [0.29, 0.717) is 40.4 Å². The van der Waals surface area contributed by atoms with E-state index in [0.717, 1.165) is 76.8 Å². The number of benzodiazepines with no additional fused rings is 3. The van der Waals surface area contributed by atoms with Crippen LogP contribution in [-0.4, -0.2) is 117 Å². The van der Waals surface area contributed by atoms with Gasteiger partial charge in [0.15, 0.2) is 5.78 Å². The zero-order chi connectivity index (χ0) is 69.4. The molecule has 8 aromatic carbocycles.